The first-order valence-corrected chi connectivity index (χ1v) is 9.05. The molecule has 3 aromatic carbocycles. The number of aryl methyl sites for hydroxylation is 1. The highest BCUT2D eigenvalue weighted by molar-refractivity contribution is 6.11. The van der Waals surface area contributed by atoms with E-state index in [1.807, 2.05) is 19.9 Å². The third kappa shape index (κ3) is 3.90. The zero-order chi connectivity index (χ0) is 21.3. The van der Waals surface area contributed by atoms with Crippen LogP contribution in [0.25, 0.3) is 10.8 Å². The van der Waals surface area contributed by atoms with Crippen molar-refractivity contribution in [3.63, 3.8) is 0 Å². The summed E-state index contributed by atoms with van der Waals surface area (Å²) in [4.78, 5) is 14.3. The van der Waals surface area contributed by atoms with Crippen molar-refractivity contribution >= 4 is 28.1 Å². The smallest absolute Gasteiger partial charge is 0.353 e. The monoisotopic (exact) mass is 404 g/mol. The first-order chi connectivity index (χ1) is 13.6. The number of hydrogen-bond donors (Lipinski definition) is 1. The van der Waals surface area contributed by atoms with Crippen LogP contribution < -0.4 is 5.32 Å². The van der Waals surface area contributed by atoms with Gasteiger partial charge < -0.3 is 10.2 Å². The highest BCUT2D eigenvalue weighted by atomic mass is 19.4. The average Bonchev–Trinajstić information content (AvgIpc) is 2.68. The minimum atomic E-state index is -4.79. The van der Waals surface area contributed by atoms with Crippen molar-refractivity contribution in [3.05, 3.63) is 71.0 Å². The fourth-order valence-corrected chi connectivity index (χ4v) is 3.22. The van der Waals surface area contributed by atoms with Gasteiger partial charge in [-0.25, -0.2) is 4.39 Å². The number of fused-ring (bicyclic) bond motifs is 1. The van der Waals surface area contributed by atoms with Gasteiger partial charge in [-0.2, -0.15) is 13.2 Å². The van der Waals surface area contributed by atoms with Crippen LogP contribution in [0.15, 0.2) is 48.5 Å². The predicted molar refractivity (Wildman–Crippen MR) is 106 cm³/mol. The molecule has 0 bridgehead atoms. The van der Waals surface area contributed by atoms with Crippen LogP contribution in [0.1, 0.15) is 28.4 Å². The highest BCUT2D eigenvalue weighted by Crippen LogP contribution is 2.37. The van der Waals surface area contributed by atoms with E-state index in [-0.39, 0.29) is 11.6 Å². The number of amides is 1. The lowest BCUT2D eigenvalue weighted by atomic mass is 9.97. The number of carbonyl (C=O) groups excluding carboxylic acids is 1. The van der Waals surface area contributed by atoms with Gasteiger partial charge in [0, 0.05) is 30.2 Å². The van der Waals surface area contributed by atoms with Gasteiger partial charge in [0.15, 0.2) is 5.82 Å². The van der Waals surface area contributed by atoms with Gasteiger partial charge in [-0.15, -0.1) is 0 Å². The zero-order valence-corrected chi connectivity index (χ0v) is 16.2. The minimum absolute atomic E-state index is 0.163. The fourth-order valence-electron chi connectivity index (χ4n) is 3.22. The molecule has 0 unspecified atom stereocenters. The van der Waals surface area contributed by atoms with Gasteiger partial charge in [0.25, 0.3) is 5.91 Å². The molecule has 7 heteroatoms. The van der Waals surface area contributed by atoms with Crippen LogP contribution in [0.5, 0.6) is 0 Å². The summed E-state index contributed by atoms with van der Waals surface area (Å²) in [5, 5.41) is 4.06. The molecule has 0 saturated carbocycles. The van der Waals surface area contributed by atoms with Gasteiger partial charge in [0.05, 0.1) is 11.3 Å². The number of alkyl halides is 3. The summed E-state index contributed by atoms with van der Waals surface area (Å²) in [7, 11) is 1.69. The summed E-state index contributed by atoms with van der Waals surface area (Å²) < 4.78 is 53.5. The van der Waals surface area contributed by atoms with E-state index in [2.05, 4.69) is 5.32 Å². The van der Waals surface area contributed by atoms with E-state index in [0.717, 1.165) is 11.6 Å². The molecule has 0 aromatic heterocycles. The molecule has 3 aromatic rings. The van der Waals surface area contributed by atoms with E-state index in [0.29, 0.717) is 34.6 Å². The van der Waals surface area contributed by atoms with Crippen LogP contribution in [-0.4, -0.2) is 24.4 Å². The Balaban J connectivity index is 2.14. The second-order valence-electron chi connectivity index (χ2n) is 6.77. The van der Waals surface area contributed by atoms with Crippen molar-refractivity contribution in [2.75, 3.05) is 18.9 Å². The largest absolute Gasteiger partial charge is 0.419 e. The third-order valence-corrected chi connectivity index (χ3v) is 4.87. The van der Waals surface area contributed by atoms with Crippen LogP contribution in [-0.2, 0) is 6.18 Å². The lowest BCUT2D eigenvalue weighted by Crippen LogP contribution is -2.26. The maximum Gasteiger partial charge on any atom is 0.419 e. The van der Waals surface area contributed by atoms with E-state index < -0.39 is 17.6 Å². The van der Waals surface area contributed by atoms with E-state index in [1.54, 1.807) is 36.2 Å². The summed E-state index contributed by atoms with van der Waals surface area (Å²) in [5.74, 6) is -1.53. The lowest BCUT2D eigenvalue weighted by molar-refractivity contribution is -0.139. The van der Waals surface area contributed by atoms with Crippen LogP contribution in [0, 0.1) is 12.7 Å². The van der Waals surface area contributed by atoms with E-state index >= 15 is 0 Å². The molecule has 3 nitrogen and oxygen atoms in total. The van der Waals surface area contributed by atoms with Crippen LogP contribution in [0.2, 0.25) is 0 Å². The van der Waals surface area contributed by atoms with E-state index in [4.69, 9.17) is 0 Å². The molecule has 1 amide bonds. The number of benzene rings is 3. The van der Waals surface area contributed by atoms with Crippen LogP contribution >= 0.6 is 0 Å². The maximum absolute atomic E-state index is 14.4. The number of halogens is 4. The van der Waals surface area contributed by atoms with Gasteiger partial charge in [-0.1, -0.05) is 24.3 Å². The maximum atomic E-state index is 14.4. The fraction of sp³-hybridized carbons (Fsp3) is 0.227. The number of hydrogen-bond acceptors (Lipinski definition) is 2. The molecular formula is C22H20F4N2O. The topological polar surface area (TPSA) is 32.3 Å². The summed E-state index contributed by atoms with van der Waals surface area (Å²) in [5.41, 5.74) is 0.116. The molecule has 1 N–H and O–H groups in total. The van der Waals surface area contributed by atoms with E-state index in [1.165, 1.54) is 6.07 Å². The van der Waals surface area contributed by atoms with Gasteiger partial charge >= 0.3 is 6.18 Å². The summed E-state index contributed by atoms with van der Waals surface area (Å²) in [6.45, 7) is 4.24. The van der Waals surface area contributed by atoms with Crippen LogP contribution in [0.4, 0.5) is 28.9 Å². The molecule has 0 heterocycles. The molecule has 0 aliphatic heterocycles. The summed E-state index contributed by atoms with van der Waals surface area (Å²) in [6.07, 6.45) is -4.79. The Kier molecular flexibility index (Phi) is 5.50. The molecule has 0 aliphatic carbocycles. The Labute approximate surface area is 165 Å². The SMILES string of the molecule is CCN(C)C(=O)c1ccc(Nc2cccc(C(F)(F)F)c2F)c2cccc(C)c12. The van der Waals surface area contributed by atoms with Crippen molar-refractivity contribution in [2.24, 2.45) is 0 Å². The van der Waals surface area contributed by atoms with Gasteiger partial charge in [-0.05, 0) is 49.1 Å². The van der Waals surface area contributed by atoms with E-state index in [9.17, 15) is 22.4 Å². The van der Waals surface area contributed by atoms with Crippen molar-refractivity contribution in [2.45, 2.75) is 20.0 Å². The Morgan fingerprint density at radius 3 is 2.38 bits per heavy atom. The van der Waals surface area contributed by atoms with Crippen LogP contribution in [0.3, 0.4) is 0 Å². The second-order valence-corrected chi connectivity index (χ2v) is 6.77. The molecular weight excluding hydrogens is 384 g/mol. The predicted octanol–water partition coefficient (Wildman–Crippen LogP) is 6.14. The first-order valence-electron chi connectivity index (χ1n) is 9.05. The van der Waals surface area contributed by atoms with Crippen molar-refractivity contribution < 1.29 is 22.4 Å². The van der Waals surface area contributed by atoms with Crippen molar-refractivity contribution in [3.8, 4) is 0 Å². The molecule has 0 saturated heterocycles. The number of nitrogens with one attached hydrogen (secondary N) is 1. The number of anilines is 2. The Hall–Kier alpha value is -3.09. The molecule has 0 radical (unpaired) electrons. The molecule has 0 aliphatic rings. The summed E-state index contributed by atoms with van der Waals surface area (Å²) in [6, 6.07) is 11.7. The standard InChI is InChI=1S/C22H20F4N2O/c1-4-28(3)21(29)15-11-12-17(14-8-5-7-13(2)19(14)15)27-18-10-6-9-16(20(18)23)22(24,25)26/h5-12,27H,4H2,1-3H3. The van der Waals surface area contributed by atoms with Crippen molar-refractivity contribution in [1.29, 1.82) is 0 Å². The Bertz CT molecular complexity index is 1080. The lowest BCUT2D eigenvalue weighted by Gasteiger charge is -2.19. The normalized spacial score (nSPS) is 11.6. The zero-order valence-electron chi connectivity index (χ0n) is 16.2. The van der Waals surface area contributed by atoms with Gasteiger partial charge in [-0.3, -0.25) is 4.79 Å². The molecule has 152 valence electrons. The van der Waals surface area contributed by atoms with Gasteiger partial charge in [0.2, 0.25) is 0 Å². The minimum Gasteiger partial charge on any atom is -0.353 e. The number of carbonyl (C=O) groups is 1. The number of nitrogens with zero attached hydrogens (tertiary/aromatic N) is 1. The average molecular weight is 404 g/mol. The Morgan fingerprint density at radius 1 is 1.03 bits per heavy atom. The first kappa shape index (κ1) is 20.6. The third-order valence-electron chi connectivity index (χ3n) is 4.87. The highest BCUT2D eigenvalue weighted by Gasteiger charge is 2.35. The molecule has 0 atom stereocenters. The van der Waals surface area contributed by atoms with Gasteiger partial charge in [0.1, 0.15) is 0 Å². The van der Waals surface area contributed by atoms with Crippen molar-refractivity contribution in [1.82, 2.24) is 4.90 Å². The molecule has 29 heavy (non-hydrogen) atoms. The Morgan fingerprint density at radius 2 is 1.72 bits per heavy atom. The molecule has 3 rings (SSSR count). The molecule has 0 spiro atoms. The number of rotatable bonds is 4. The second kappa shape index (κ2) is 7.73. The quantitative estimate of drug-likeness (QED) is 0.530. The summed E-state index contributed by atoms with van der Waals surface area (Å²) >= 11 is 0. The molecule has 0 fully saturated rings.